The third-order valence-corrected chi connectivity index (χ3v) is 4.00. The molecule has 8 heteroatoms. The van der Waals surface area contributed by atoms with Gasteiger partial charge in [-0.25, -0.2) is 0 Å². The summed E-state index contributed by atoms with van der Waals surface area (Å²) in [6.45, 7) is 3.60. The molecule has 0 saturated heterocycles. The molecule has 7 N–H and O–H groups in total. The van der Waals surface area contributed by atoms with E-state index in [4.69, 9.17) is 30.8 Å². The number of aliphatic hydroxyl groups excluding tert-OH is 3. The van der Waals surface area contributed by atoms with Crippen LogP contribution >= 0.6 is 0 Å². The van der Waals surface area contributed by atoms with Crippen molar-refractivity contribution in [3.05, 3.63) is 0 Å². The van der Waals surface area contributed by atoms with E-state index >= 15 is 0 Å². The summed E-state index contributed by atoms with van der Waals surface area (Å²) in [7, 11) is 0. The molecule has 0 aliphatic carbocycles. The predicted molar refractivity (Wildman–Crippen MR) is 77.6 cm³/mol. The van der Waals surface area contributed by atoms with Gasteiger partial charge in [-0.3, -0.25) is 0 Å². The minimum atomic E-state index is -3.15. The molecule has 0 rings (SSSR count). The van der Waals surface area contributed by atoms with Crippen molar-refractivity contribution in [1.29, 1.82) is 0 Å². The Labute approximate surface area is 130 Å². The predicted octanol–water partition coefficient (Wildman–Crippen LogP) is -1.15. The van der Waals surface area contributed by atoms with Gasteiger partial charge < -0.3 is 21.1 Å². The Morgan fingerprint density at radius 3 is 1.85 bits per heavy atom. The maximum absolute atomic E-state index is 8.64. The maximum Gasteiger partial charge on any atom is 0.0856 e. The van der Waals surface area contributed by atoms with Crippen LogP contribution in [0.5, 0.6) is 0 Å². The van der Waals surface area contributed by atoms with E-state index in [0.717, 1.165) is 12.8 Å². The van der Waals surface area contributed by atoms with Gasteiger partial charge in [0, 0.05) is 0 Å². The molecule has 0 amide bonds. The van der Waals surface area contributed by atoms with E-state index in [0.29, 0.717) is 12.5 Å². The molecule has 0 bridgehead atoms. The number of nitrogens with two attached hydrogens (primary N) is 1. The summed E-state index contributed by atoms with van der Waals surface area (Å²) in [4.78, 5) is 0. The number of aliphatic hydroxyl groups is 3. The summed E-state index contributed by atoms with van der Waals surface area (Å²) in [5, 5.41) is 25.0. The van der Waals surface area contributed by atoms with Crippen molar-refractivity contribution in [2.24, 2.45) is 11.7 Å². The van der Waals surface area contributed by atoms with Crippen LogP contribution in [-0.2, 0) is 3.02 Å². The first-order valence-corrected chi connectivity index (χ1v) is 10.1. The second-order valence-corrected chi connectivity index (χ2v) is 6.98. The molecule has 0 radical (unpaired) electrons. The van der Waals surface area contributed by atoms with Crippen LogP contribution in [0.2, 0.25) is 0 Å². The third kappa shape index (κ3) is 13.5. The molecule has 124 valence electrons. The number of hydrogen-bond acceptors (Lipinski definition) is 7. The van der Waals surface area contributed by atoms with Crippen molar-refractivity contribution < 1.29 is 25.1 Å². The van der Waals surface area contributed by atoms with E-state index < -0.39 is 46.8 Å². The summed E-state index contributed by atoms with van der Waals surface area (Å²) in [6, 6.07) is 0. The second kappa shape index (κ2) is 14.5. The molecule has 0 aliphatic heterocycles. The molecular weight excluding hydrogens is 376 g/mol. The Bertz CT molecular complexity index is 196. The van der Waals surface area contributed by atoms with Crippen LogP contribution in [0.4, 0.5) is 0 Å². The summed E-state index contributed by atoms with van der Waals surface area (Å²) in [6.07, 6.45) is 4.60. The van der Waals surface area contributed by atoms with Crippen LogP contribution in [0.15, 0.2) is 0 Å². The van der Waals surface area contributed by atoms with Crippen molar-refractivity contribution in [2.75, 3.05) is 26.4 Å². The number of rotatable bonds is 10. The van der Waals surface area contributed by atoms with Gasteiger partial charge in [0.25, 0.3) is 0 Å². The monoisotopic (exact) mass is 405 g/mol. The normalized spacial score (nSPS) is 13.1. The first kappa shape index (κ1) is 22.8. The maximum atomic E-state index is 8.64. The molecule has 0 aromatic carbocycles. The van der Waals surface area contributed by atoms with Gasteiger partial charge in [0.15, 0.2) is 0 Å². The quantitative estimate of drug-likeness (QED) is 0.252. The molecule has 0 aliphatic rings. The summed E-state index contributed by atoms with van der Waals surface area (Å²) in [5.41, 5.74) is 3.94. The van der Waals surface area contributed by atoms with Gasteiger partial charge in [0.05, 0.1) is 25.4 Å². The molecule has 0 saturated carbocycles. The SMILES string of the molecule is CCCCC(CC)C[O][Sb]([OH])[OH].NC(CO)(CO)CO. The van der Waals surface area contributed by atoms with E-state index in [1.165, 1.54) is 12.8 Å². The average Bonchev–Trinajstić information content (AvgIpc) is 2.47. The fourth-order valence-electron chi connectivity index (χ4n) is 1.22. The zero-order valence-electron chi connectivity index (χ0n) is 12.4. The van der Waals surface area contributed by atoms with Gasteiger partial charge in [0.1, 0.15) is 0 Å². The van der Waals surface area contributed by atoms with Crippen molar-refractivity contribution in [3.63, 3.8) is 0 Å². The second-order valence-electron chi connectivity index (χ2n) is 4.80. The van der Waals surface area contributed by atoms with Crippen LogP contribution < -0.4 is 5.73 Å². The standard InChI is InChI=1S/C8H17O.C4H11NO3.2H2O.Sb/c1-3-5-6-8(4-2)7-9;5-4(1-6,2-7)3-8;;;/h8H,3-7H2,1-2H3;6-8H,1-3,5H2;2*1H2;/q-1;;;;+3/p-2. The molecule has 1 atom stereocenters. The third-order valence-electron chi connectivity index (χ3n) is 2.91. The van der Waals surface area contributed by atoms with Crippen LogP contribution in [-0.4, -0.2) is 75.5 Å². The zero-order valence-corrected chi connectivity index (χ0v) is 15.0. The van der Waals surface area contributed by atoms with E-state index in [-0.39, 0.29) is 0 Å². The van der Waals surface area contributed by atoms with Crippen LogP contribution in [0.1, 0.15) is 39.5 Å². The minimum absolute atomic E-state index is 0.403. The Morgan fingerprint density at radius 2 is 1.60 bits per heavy atom. The summed E-state index contributed by atoms with van der Waals surface area (Å²) < 4.78 is 22.2. The molecule has 7 nitrogen and oxygen atoms in total. The molecule has 0 spiro atoms. The first-order chi connectivity index (χ1) is 9.38. The van der Waals surface area contributed by atoms with E-state index in [9.17, 15) is 0 Å². The first-order valence-electron chi connectivity index (χ1n) is 6.81. The van der Waals surface area contributed by atoms with E-state index in [1.807, 2.05) is 0 Å². The van der Waals surface area contributed by atoms with E-state index in [2.05, 4.69) is 13.8 Å². The molecule has 1 unspecified atom stereocenters. The van der Waals surface area contributed by atoms with Crippen molar-refractivity contribution in [1.82, 2.24) is 0 Å². The van der Waals surface area contributed by atoms with Gasteiger partial charge >= 0.3 is 83.3 Å². The van der Waals surface area contributed by atoms with E-state index in [1.54, 1.807) is 0 Å². The molecular formula is C12H30NO6Sb. The zero-order chi connectivity index (χ0) is 16.0. The topological polar surface area (TPSA) is 136 Å². The summed E-state index contributed by atoms with van der Waals surface area (Å²) >= 11 is -3.15. The molecule has 0 aromatic rings. The number of unbranched alkanes of at least 4 members (excludes halogenated alkanes) is 1. The van der Waals surface area contributed by atoms with Crippen LogP contribution in [0, 0.1) is 5.92 Å². The average molecular weight is 406 g/mol. The minimum Gasteiger partial charge on any atom is -0.394 e. The van der Waals surface area contributed by atoms with Gasteiger partial charge in [-0.15, -0.1) is 0 Å². The van der Waals surface area contributed by atoms with Crippen LogP contribution in [0.3, 0.4) is 0 Å². The van der Waals surface area contributed by atoms with Gasteiger partial charge in [-0.1, -0.05) is 0 Å². The molecule has 0 fully saturated rings. The van der Waals surface area contributed by atoms with Crippen LogP contribution in [0.25, 0.3) is 0 Å². The molecule has 0 aromatic heterocycles. The van der Waals surface area contributed by atoms with Crippen molar-refractivity contribution >= 4 is 21.5 Å². The summed E-state index contributed by atoms with van der Waals surface area (Å²) in [5.74, 6) is 0.510. The fourth-order valence-corrected chi connectivity index (χ4v) is 2.20. The molecule has 20 heavy (non-hydrogen) atoms. The Kier molecular flexibility index (Phi) is 16.5. The van der Waals surface area contributed by atoms with Crippen molar-refractivity contribution in [3.8, 4) is 0 Å². The van der Waals surface area contributed by atoms with Gasteiger partial charge in [-0.05, 0) is 0 Å². The Hall–Kier alpha value is 0.538. The fraction of sp³-hybridized carbons (Fsp3) is 1.00. The molecule has 0 heterocycles. The van der Waals surface area contributed by atoms with Crippen molar-refractivity contribution in [2.45, 2.75) is 45.1 Å². The smallest absolute Gasteiger partial charge is 0.0856 e. The van der Waals surface area contributed by atoms with Gasteiger partial charge in [-0.2, -0.15) is 0 Å². The largest absolute Gasteiger partial charge is 0.394 e. The Balaban J connectivity index is 0. The Morgan fingerprint density at radius 1 is 1.10 bits per heavy atom. The van der Waals surface area contributed by atoms with Gasteiger partial charge in [0.2, 0.25) is 0 Å². The number of hydrogen-bond donors (Lipinski definition) is 6.